The van der Waals surface area contributed by atoms with Crippen molar-refractivity contribution in [3.05, 3.63) is 21.9 Å². The number of carboxylic acids is 1. The predicted molar refractivity (Wildman–Crippen MR) is 82.1 cm³/mol. The van der Waals surface area contributed by atoms with E-state index < -0.39 is 5.97 Å². The number of thiophene rings is 1. The first-order chi connectivity index (χ1) is 9.17. The Balaban J connectivity index is 1.78. The van der Waals surface area contributed by atoms with Crippen LogP contribution in [0.2, 0.25) is 0 Å². The van der Waals surface area contributed by atoms with Gasteiger partial charge in [-0.3, -0.25) is 4.79 Å². The van der Waals surface area contributed by atoms with Crippen molar-refractivity contribution in [2.24, 2.45) is 0 Å². The van der Waals surface area contributed by atoms with Crippen LogP contribution in [-0.4, -0.2) is 28.6 Å². The normalized spacial score (nSPS) is 23.4. The maximum atomic E-state index is 10.6. The van der Waals surface area contributed by atoms with Crippen molar-refractivity contribution < 1.29 is 9.90 Å². The van der Waals surface area contributed by atoms with Crippen molar-refractivity contribution >= 4 is 29.1 Å². The highest BCUT2D eigenvalue weighted by atomic mass is 32.2. The van der Waals surface area contributed by atoms with Gasteiger partial charge in [0.2, 0.25) is 0 Å². The Kier molecular flexibility index (Phi) is 5.73. The summed E-state index contributed by atoms with van der Waals surface area (Å²) in [7, 11) is 0. The zero-order chi connectivity index (χ0) is 13.7. The van der Waals surface area contributed by atoms with Crippen LogP contribution in [0.3, 0.4) is 0 Å². The van der Waals surface area contributed by atoms with Crippen LogP contribution < -0.4 is 5.32 Å². The van der Waals surface area contributed by atoms with Crippen LogP contribution in [0, 0.1) is 0 Å². The second kappa shape index (κ2) is 7.31. The van der Waals surface area contributed by atoms with E-state index in [4.69, 9.17) is 5.11 Å². The van der Waals surface area contributed by atoms with Crippen molar-refractivity contribution in [2.45, 2.75) is 49.9 Å². The highest BCUT2D eigenvalue weighted by Gasteiger charge is 2.20. The van der Waals surface area contributed by atoms with E-state index in [0.29, 0.717) is 6.04 Å². The van der Waals surface area contributed by atoms with E-state index in [1.54, 1.807) is 11.3 Å². The molecule has 0 saturated heterocycles. The summed E-state index contributed by atoms with van der Waals surface area (Å²) in [5.41, 5.74) is 0. The van der Waals surface area contributed by atoms with Gasteiger partial charge in [-0.15, -0.1) is 11.3 Å². The minimum absolute atomic E-state index is 0.142. The molecule has 1 aliphatic rings. The van der Waals surface area contributed by atoms with Gasteiger partial charge in [0.05, 0.1) is 6.42 Å². The van der Waals surface area contributed by atoms with Gasteiger partial charge in [-0.1, -0.05) is 6.42 Å². The average Bonchev–Trinajstić information content (AvgIpc) is 2.83. The SMILES string of the molecule is CSC1CCCC(NCc2ccc(CC(=O)O)s2)C1. The van der Waals surface area contributed by atoms with Crippen LogP contribution in [0.1, 0.15) is 35.4 Å². The molecule has 3 nitrogen and oxygen atoms in total. The summed E-state index contributed by atoms with van der Waals surface area (Å²) in [6.07, 6.45) is 7.53. The number of carbonyl (C=O) groups is 1. The van der Waals surface area contributed by atoms with E-state index >= 15 is 0 Å². The molecule has 0 aromatic carbocycles. The Bertz CT molecular complexity index is 419. The fraction of sp³-hybridized carbons (Fsp3) is 0.643. The number of aliphatic carboxylic acids is 1. The molecule has 1 aliphatic carbocycles. The third kappa shape index (κ3) is 4.82. The number of rotatable bonds is 6. The summed E-state index contributed by atoms with van der Waals surface area (Å²) < 4.78 is 0. The van der Waals surface area contributed by atoms with Gasteiger partial charge in [-0.2, -0.15) is 11.8 Å². The topological polar surface area (TPSA) is 49.3 Å². The third-order valence-electron chi connectivity index (χ3n) is 3.57. The van der Waals surface area contributed by atoms with E-state index in [1.165, 1.54) is 30.6 Å². The highest BCUT2D eigenvalue weighted by molar-refractivity contribution is 7.99. The Morgan fingerprint density at radius 3 is 3.00 bits per heavy atom. The molecule has 1 aromatic heterocycles. The molecule has 2 N–H and O–H groups in total. The Morgan fingerprint density at radius 1 is 1.47 bits per heavy atom. The first-order valence-corrected chi connectivity index (χ1v) is 8.83. The Morgan fingerprint density at radius 2 is 2.26 bits per heavy atom. The molecule has 1 fully saturated rings. The lowest BCUT2D eigenvalue weighted by atomic mass is 9.95. The summed E-state index contributed by atoms with van der Waals surface area (Å²) in [6, 6.07) is 4.60. The molecule has 2 atom stereocenters. The van der Waals surface area contributed by atoms with Crippen molar-refractivity contribution in [1.82, 2.24) is 5.32 Å². The van der Waals surface area contributed by atoms with E-state index in [1.807, 2.05) is 23.9 Å². The van der Waals surface area contributed by atoms with E-state index in [-0.39, 0.29) is 6.42 Å². The van der Waals surface area contributed by atoms with E-state index in [2.05, 4.69) is 11.6 Å². The smallest absolute Gasteiger partial charge is 0.308 e. The first-order valence-electron chi connectivity index (χ1n) is 6.73. The summed E-state index contributed by atoms with van der Waals surface area (Å²) >= 11 is 3.59. The second-order valence-corrected chi connectivity index (χ2v) is 7.43. The number of hydrogen-bond donors (Lipinski definition) is 2. The molecular formula is C14H21NO2S2. The minimum Gasteiger partial charge on any atom is -0.481 e. The van der Waals surface area contributed by atoms with Gasteiger partial charge in [0.1, 0.15) is 0 Å². The van der Waals surface area contributed by atoms with E-state index in [9.17, 15) is 4.79 Å². The number of carboxylic acid groups (broad SMARTS) is 1. The van der Waals surface area contributed by atoms with Gasteiger partial charge < -0.3 is 10.4 Å². The molecule has 19 heavy (non-hydrogen) atoms. The fourth-order valence-electron chi connectivity index (χ4n) is 2.55. The van der Waals surface area contributed by atoms with Gasteiger partial charge in [-0.05, 0) is 37.7 Å². The lowest BCUT2D eigenvalue weighted by Gasteiger charge is -2.28. The molecular weight excluding hydrogens is 278 g/mol. The maximum absolute atomic E-state index is 10.6. The molecule has 0 amide bonds. The Labute approximate surface area is 122 Å². The number of hydrogen-bond acceptors (Lipinski definition) is 4. The van der Waals surface area contributed by atoms with Crippen LogP contribution >= 0.6 is 23.1 Å². The fourth-order valence-corrected chi connectivity index (χ4v) is 4.34. The summed E-state index contributed by atoms with van der Waals surface area (Å²) in [6.45, 7) is 0.871. The first kappa shape index (κ1) is 14.9. The lowest BCUT2D eigenvalue weighted by molar-refractivity contribution is -0.136. The molecule has 1 aromatic rings. The average molecular weight is 299 g/mol. The number of thioether (sulfide) groups is 1. The van der Waals surface area contributed by atoms with Gasteiger partial charge in [0, 0.05) is 27.6 Å². The molecule has 0 aliphatic heterocycles. The lowest BCUT2D eigenvalue weighted by Crippen LogP contribution is -2.34. The summed E-state index contributed by atoms with van der Waals surface area (Å²) in [5.74, 6) is -0.753. The van der Waals surface area contributed by atoms with E-state index in [0.717, 1.165) is 16.7 Å². The molecule has 1 heterocycles. The summed E-state index contributed by atoms with van der Waals surface area (Å²) in [4.78, 5) is 12.8. The minimum atomic E-state index is -0.753. The van der Waals surface area contributed by atoms with Crippen molar-refractivity contribution in [2.75, 3.05) is 6.26 Å². The standard InChI is InChI=1S/C14H21NO2S2/c1-18-11-4-2-3-10(7-11)15-9-13-6-5-12(19-13)8-14(16)17/h5-6,10-11,15H,2-4,7-9H2,1H3,(H,16,17). The van der Waals surface area contributed by atoms with Crippen molar-refractivity contribution in [1.29, 1.82) is 0 Å². The quantitative estimate of drug-likeness (QED) is 0.847. The van der Waals surface area contributed by atoms with Crippen molar-refractivity contribution in [3.8, 4) is 0 Å². The molecule has 2 rings (SSSR count). The molecule has 0 radical (unpaired) electrons. The van der Waals surface area contributed by atoms with Crippen LogP contribution in [0.25, 0.3) is 0 Å². The maximum Gasteiger partial charge on any atom is 0.308 e. The molecule has 106 valence electrons. The van der Waals surface area contributed by atoms with Crippen LogP contribution in [0.4, 0.5) is 0 Å². The van der Waals surface area contributed by atoms with Crippen LogP contribution in [0.15, 0.2) is 12.1 Å². The molecule has 0 bridgehead atoms. The van der Waals surface area contributed by atoms with Crippen LogP contribution in [0.5, 0.6) is 0 Å². The molecule has 0 spiro atoms. The van der Waals surface area contributed by atoms with Gasteiger partial charge in [0.15, 0.2) is 0 Å². The Hall–Kier alpha value is -0.520. The predicted octanol–water partition coefficient (Wildman–Crippen LogP) is 3.14. The van der Waals surface area contributed by atoms with Crippen LogP contribution in [-0.2, 0) is 17.8 Å². The molecule has 2 unspecified atom stereocenters. The molecule has 1 saturated carbocycles. The van der Waals surface area contributed by atoms with Gasteiger partial charge >= 0.3 is 5.97 Å². The zero-order valence-electron chi connectivity index (χ0n) is 11.2. The second-order valence-electron chi connectivity index (χ2n) is 5.04. The van der Waals surface area contributed by atoms with Crippen molar-refractivity contribution in [3.63, 3.8) is 0 Å². The monoisotopic (exact) mass is 299 g/mol. The number of nitrogens with one attached hydrogen (secondary N) is 1. The third-order valence-corrected chi connectivity index (χ3v) is 5.75. The van der Waals surface area contributed by atoms with Gasteiger partial charge in [-0.25, -0.2) is 0 Å². The highest BCUT2D eigenvalue weighted by Crippen LogP contribution is 2.27. The van der Waals surface area contributed by atoms with Gasteiger partial charge in [0.25, 0.3) is 0 Å². The largest absolute Gasteiger partial charge is 0.481 e. The summed E-state index contributed by atoms with van der Waals surface area (Å²) in [5, 5.41) is 13.2. The molecule has 5 heteroatoms. The zero-order valence-corrected chi connectivity index (χ0v) is 12.9.